The van der Waals surface area contributed by atoms with Crippen molar-refractivity contribution in [3.63, 3.8) is 0 Å². The van der Waals surface area contributed by atoms with Gasteiger partial charge in [-0.15, -0.1) is 11.6 Å². The third kappa shape index (κ3) is 4.35. The Morgan fingerprint density at radius 1 is 1.23 bits per heavy atom. The lowest BCUT2D eigenvalue weighted by Gasteiger charge is -2.19. The van der Waals surface area contributed by atoms with Crippen LogP contribution in [0.2, 0.25) is 0 Å². The van der Waals surface area contributed by atoms with E-state index in [0.29, 0.717) is 0 Å². The van der Waals surface area contributed by atoms with Crippen LogP contribution in [0.15, 0.2) is 0 Å². The van der Waals surface area contributed by atoms with Crippen LogP contribution >= 0.6 is 11.6 Å². The van der Waals surface area contributed by atoms with Crippen LogP contribution in [0.3, 0.4) is 0 Å². The van der Waals surface area contributed by atoms with Crippen LogP contribution in [-0.2, 0) is 0 Å². The second kappa shape index (κ2) is 5.90. The molecule has 0 amide bonds. The van der Waals surface area contributed by atoms with Crippen LogP contribution in [0.1, 0.15) is 52.4 Å². The Labute approximate surface area is 88.1 Å². The Morgan fingerprint density at radius 2 is 1.85 bits per heavy atom. The number of hydrogen-bond acceptors (Lipinski definition) is 0. The zero-order chi connectivity index (χ0) is 9.68. The minimum Gasteiger partial charge on any atom is -0.126 e. The summed E-state index contributed by atoms with van der Waals surface area (Å²) in [5, 5.41) is 0. The summed E-state index contributed by atoms with van der Waals surface area (Å²) in [5.41, 5.74) is 0. The molecular formula is C12H23Cl. The molecule has 0 saturated heterocycles. The van der Waals surface area contributed by atoms with Gasteiger partial charge in [0.1, 0.15) is 0 Å². The quantitative estimate of drug-likeness (QED) is 0.578. The summed E-state index contributed by atoms with van der Waals surface area (Å²) in [6.07, 6.45) is 8.56. The molecule has 0 nitrogen and oxygen atoms in total. The van der Waals surface area contributed by atoms with E-state index in [1.54, 1.807) is 0 Å². The summed E-state index contributed by atoms with van der Waals surface area (Å²) in [7, 11) is 0. The molecule has 78 valence electrons. The van der Waals surface area contributed by atoms with E-state index in [1.165, 1.54) is 38.5 Å². The molecule has 1 unspecified atom stereocenters. The van der Waals surface area contributed by atoms with E-state index in [2.05, 4.69) is 13.8 Å². The van der Waals surface area contributed by atoms with Crippen LogP contribution in [0, 0.1) is 17.8 Å². The number of hydrogen-bond donors (Lipinski definition) is 0. The van der Waals surface area contributed by atoms with Gasteiger partial charge < -0.3 is 0 Å². The fourth-order valence-corrected chi connectivity index (χ4v) is 2.86. The zero-order valence-electron chi connectivity index (χ0n) is 9.06. The molecule has 0 heterocycles. The van der Waals surface area contributed by atoms with Crippen molar-refractivity contribution in [1.82, 2.24) is 0 Å². The van der Waals surface area contributed by atoms with Gasteiger partial charge in [-0.05, 0) is 30.6 Å². The van der Waals surface area contributed by atoms with Crippen LogP contribution < -0.4 is 0 Å². The Kier molecular flexibility index (Phi) is 5.16. The maximum atomic E-state index is 5.99. The molecule has 1 saturated carbocycles. The van der Waals surface area contributed by atoms with E-state index in [9.17, 15) is 0 Å². The maximum Gasteiger partial charge on any atom is 0.0251 e. The van der Waals surface area contributed by atoms with Gasteiger partial charge in [0, 0.05) is 5.88 Å². The molecule has 0 aromatic carbocycles. The van der Waals surface area contributed by atoms with Crippen molar-refractivity contribution < 1.29 is 0 Å². The van der Waals surface area contributed by atoms with Gasteiger partial charge in [-0.1, -0.05) is 39.5 Å². The predicted octanol–water partition coefficient (Wildman–Crippen LogP) is 4.47. The van der Waals surface area contributed by atoms with Gasteiger partial charge in [-0.3, -0.25) is 0 Å². The molecule has 0 radical (unpaired) electrons. The molecule has 0 aromatic rings. The Balaban J connectivity index is 2.21. The highest BCUT2D eigenvalue weighted by Crippen LogP contribution is 2.32. The van der Waals surface area contributed by atoms with Crippen LogP contribution in [0.4, 0.5) is 0 Å². The fourth-order valence-electron chi connectivity index (χ4n) is 2.61. The topological polar surface area (TPSA) is 0 Å². The van der Waals surface area contributed by atoms with Crippen molar-refractivity contribution in [3.05, 3.63) is 0 Å². The van der Waals surface area contributed by atoms with E-state index >= 15 is 0 Å². The third-order valence-electron chi connectivity index (χ3n) is 3.16. The van der Waals surface area contributed by atoms with E-state index in [4.69, 9.17) is 11.6 Å². The van der Waals surface area contributed by atoms with Gasteiger partial charge in [0.25, 0.3) is 0 Å². The molecule has 1 heteroatoms. The van der Waals surface area contributed by atoms with Crippen molar-refractivity contribution in [2.75, 3.05) is 5.88 Å². The van der Waals surface area contributed by atoms with E-state index in [0.717, 1.165) is 23.6 Å². The second-order valence-electron chi connectivity index (χ2n) is 5.04. The highest BCUT2D eigenvalue weighted by atomic mass is 35.5. The number of rotatable bonds is 5. The largest absolute Gasteiger partial charge is 0.126 e. The molecule has 1 fully saturated rings. The van der Waals surface area contributed by atoms with Gasteiger partial charge in [0.05, 0.1) is 0 Å². The standard InChI is InChI=1S/C12H23Cl/c1-10(2)7-12(9-13)8-11-5-3-4-6-11/h10-12H,3-9H2,1-2H3. The first-order valence-corrected chi connectivity index (χ1v) is 6.31. The van der Waals surface area contributed by atoms with Crippen molar-refractivity contribution in [2.45, 2.75) is 52.4 Å². The maximum absolute atomic E-state index is 5.99. The van der Waals surface area contributed by atoms with Crippen LogP contribution in [0.5, 0.6) is 0 Å². The SMILES string of the molecule is CC(C)CC(CCl)CC1CCCC1. The summed E-state index contributed by atoms with van der Waals surface area (Å²) in [5.74, 6) is 3.46. The lowest BCUT2D eigenvalue weighted by Crippen LogP contribution is -2.10. The Hall–Kier alpha value is 0.290. The van der Waals surface area contributed by atoms with Crippen molar-refractivity contribution in [3.8, 4) is 0 Å². The molecule has 0 N–H and O–H groups in total. The molecule has 0 aliphatic heterocycles. The van der Waals surface area contributed by atoms with Crippen LogP contribution in [-0.4, -0.2) is 5.88 Å². The molecule has 1 atom stereocenters. The second-order valence-corrected chi connectivity index (χ2v) is 5.34. The molecule has 1 rings (SSSR count). The minimum absolute atomic E-state index is 0.782. The Morgan fingerprint density at radius 3 is 2.31 bits per heavy atom. The smallest absolute Gasteiger partial charge is 0.0251 e. The number of alkyl halides is 1. The summed E-state index contributed by atoms with van der Waals surface area (Å²) in [4.78, 5) is 0. The van der Waals surface area contributed by atoms with E-state index in [-0.39, 0.29) is 0 Å². The van der Waals surface area contributed by atoms with Crippen molar-refractivity contribution in [1.29, 1.82) is 0 Å². The third-order valence-corrected chi connectivity index (χ3v) is 3.60. The summed E-state index contributed by atoms with van der Waals surface area (Å²) >= 11 is 5.99. The first kappa shape index (κ1) is 11.4. The van der Waals surface area contributed by atoms with Gasteiger partial charge in [-0.2, -0.15) is 0 Å². The fraction of sp³-hybridized carbons (Fsp3) is 1.00. The molecule has 0 aromatic heterocycles. The molecule has 0 bridgehead atoms. The first-order chi connectivity index (χ1) is 6.22. The molecule has 1 aliphatic carbocycles. The lowest BCUT2D eigenvalue weighted by molar-refractivity contribution is 0.348. The summed E-state index contributed by atoms with van der Waals surface area (Å²) in [6.45, 7) is 4.60. The van der Waals surface area contributed by atoms with E-state index in [1.807, 2.05) is 0 Å². The molecule has 1 aliphatic rings. The summed E-state index contributed by atoms with van der Waals surface area (Å²) in [6, 6.07) is 0. The number of halogens is 1. The zero-order valence-corrected chi connectivity index (χ0v) is 9.82. The van der Waals surface area contributed by atoms with Crippen molar-refractivity contribution in [2.24, 2.45) is 17.8 Å². The van der Waals surface area contributed by atoms with Crippen LogP contribution in [0.25, 0.3) is 0 Å². The van der Waals surface area contributed by atoms with E-state index < -0.39 is 0 Å². The first-order valence-electron chi connectivity index (χ1n) is 5.78. The monoisotopic (exact) mass is 202 g/mol. The molecule has 13 heavy (non-hydrogen) atoms. The molecular weight excluding hydrogens is 180 g/mol. The average molecular weight is 203 g/mol. The molecule has 0 spiro atoms. The summed E-state index contributed by atoms with van der Waals surface area (Å²) < 4.78 is 0. The predicted molar refractivity (Wildman–Crippen MR) is 60.2 cm³/mol. The van der Waals surface area contributed by atoms with Gasteiger partial charge >= 0.3 is 0 Å². The van der Waals surface area contributed by atoms with Crippen molar-refractivity contribution >= 4 is 11.6 Å². The minimum atomic E-state index is 0.782. The normalized spacial score (nSPS) is 21.2. The van der Waals surface area contributed by atoms with Gasteiger partial charge in [0.2, 0.25) is 0 Å². The lowest BCUT2D eigenvalue weighted by atomic mass is 9.88. The average Bonchev–Trinajstić information content (AvgIpc) is 2.55. The highest BCUT2D eigenvalue weighted by Gasteiger charge is 2.20. The van der Waals surface area contributed by atoms with Gasteiger partial charge in [0.15, 0.2) is 0 Å². The Bertz CT molecular complexity index is 125. The highest BCUT2D eigenvalue weighted by molar-refractivity contribution is 6.18. The van der Waals surface area contributed by atoms with Gasteiger partial charge in [-0.25, -0.2) is 0 Å².